The summed E-state index contributed by atoms with van der Waals surface area (Å²) >= 11 is 0. The zero-order valence-corrected chi connectivity index (χ0v) is 6.82. The van der Waals surface area contributed by atoms with Crippen LogP contribution in [0.4, 0.5) is 0 Å². The van der Waals surface area contributed by atoms with E-state index >= 15 is 0 Å². The molecule has 0 saturated carbocycles. The fourth-order valence-corrected chi connectivity index (χ4v) is 0.729. The second-order valence-corrected chi connectivity index (χ2v) is 2.18. The number of rotatable bonds is 4. The SMILES string of the molecule is CCOOc1ccc(C=O)cc1. The molecule has 3 heteroatoms. The summed E-state index contributed by atoms with van der Waals surface area (Å²) in [5, 5.41) is 0. The molecule has 0 heterocycles. The Hall–Kier alpha value is -1.35. The van der Waals surface area contributed by atoms with Crippen LogP contribution >= 0.6 is 0 Å². The topological polar surface area (TPSA) is 35.5 Å². The third-order valence-electron chi connectivity index (χ3n) is 1.29. The van der Waals surface area contributed by atoms with Gasteiger partial charge in [0.2, 0.25) is 0 Å². The van der Waals surface area contributed by atoms with E-state index in [-0.39, 0.29) is 0 Å². The molecule has 0 atom stereocenters. The molecule has 0 N–H and O–H groups in total. The molecule has 64 valence electrons. The molecule has 0 fully saturated rings. The van der Waals surface area contributed by atoms with Crippen LogP contribution in [0.3, 0.4) is 0 Å². The van der Waals surface area contributed by atoms with Crippen molar-refractivity contribution in [2.75, 3.05) is 6.61 Å². The summed E-state index contributed by atoms with van der Waals surface area (Å²) in [6.07, 6.45) is 0.782. The maximum Gasteiger partial charge on any atom is 0.165 e. The van der Waals surface area contributed by atoms with E-state index in [0.29, 0.717) is 17.9 Å². The number of aldehydes is 1. The van der Waals surface area contributed by atoms with Crippen LogP contribution in [0, 0.1) is 0 Å². The zero-order chi connectivity index (χ0) is 8.81. The molecule has 0 aliphatic carbocycles. The van der Waals surface area contributed by atoms with E-state index in [4.69, 9.17) is 9.78 Å². The highest BCUT2D eigenvalue weighted by atomic mass is 17.2. The predicted octanol–water partition coefficient (Wildman–Crippen LogP) is 1.83. The Morgan fingerprint density at radius 3 is 2.50 bits per heavy atom. The molecule has 1 aromatic carbocycles. The molecular weight excluding hydrogens is 156 g/mol. The molecule has 0 aliphatic heterocycles. The van der Waals surface area contributed by atoms with Gasteiger partial charge in [-0.25, -0.2) is 0 Å². The summed E-state index contributed by atoms with van der Waals surface area (Å²) < 4.78 is 0. The first kappa shape index (κ1) is 8.74. The van der Waals surface area contributed by atoms with E-state index in [1.807, 2.05) is 6.92 Å². The molecule has 12 heavy (non-hydrogen) atoms. The Morgan fingerprint density at radius 1 is 1.33 bits per heavy atom. The Bertz CT molecular complexity index is 240. The highest BCUT2D eigenvalue weighted by Gasteiger charge is 1.93. The average Bonchev–Trinajstić information content (AvgIpc) is 2.15. The Balaban J connectivity index is 2.58. The van der Waals surface area contributed by atoms with Crippen molar-refractivity contribution < 1.29 is 14.6 Å². The predicted molar refractivity (Wildman–Crippen MR) is 44.1 cm³/mol. The van der Waals surface area contributed by atoms with Gasteiger partial charge >= 0.3 is 0 Å². The van der Waals surface area contributed by atoms with E-state index in [9.17, 15) is 4.79 Å². The van der Waals surface area contributed by atoms with Crippen molar-refractivity contribution in [2.45, 2.75) is 6.92 Å². The third-order valence-corrected chi connectivity index (χ3v) is 1.29. The van der Waals surface area contributed by atoms with Crippen molar-refractivity contribution in [3.05, 3.63) is 29.8 Å². The van der Waals surface area contributed by atoms with Gasteiger partial charge in [0, 0.05) is 5.56 Å². The fourth-order valence-electron chi connectivity index (χ4n) is 0.729. The molecule has 0 aromatic heterocycles. The van der Waals surface area contributed by atoms with E-state index in [1.54, 1.807) is 24.3 Å². The van der Waals surface area contributed by atoms with Crippen molar-refractivity contribution in [1.29, 1.82) is 0 Å². The summed E-state index contributed by atoms with van der Waals surface area (Å²) in [6.45, 7) is 2.33. The monoisotopic (exact) mass is 166 g/mol. The lowest BCUT2D eigenvalue weighted by atomic mass is 10.2. The van der Waals surface area contributed by atoms with Gasteiger partial charge in [-0.1, -0.05) is 0 Å². The van der Waals surface area contributed by atoms with Gasteiger partial charge in [0.15, 0.2) is 5.75 Å². The van der Waals surface area contributed by atoms with Crippen molar-refractivity contribution in [3.63, 3.8) is 0 Å². The van der Waals surface area contributed by atoms with Gasteiger partial charge in [0.05, 0.1) is 6.61 Å². The third kappa shape index (κ3) is 2.36. The standard InChI is InChI=1S/C9H10O3/c1-2-11-12-9-5-3-8(7-10)4-6-9/h3-7H,2H2,1H3. The van der Waals surface area contributed by atoms with E-state index < -0.39 is 0 Å². The fraction of sp³-hybridized carbons (Fsp3) is 0.222. The van der Waals surface area contributed by atoms with Crippen LogP contribution in [-0.4, -0.2) is 12.9 Å². The number of hydrogen-bond acceptors (Lipinski definition) is 3. The highest BCUT2D eigenvalue weighted by Crippen LogP contribution is 2.10. The van der Waals surface area contributed by atoms with Gasteiger partial charge in [-0.3, -0.25) is 4.79 Å². The maximum atomic E-state index is 10.3. The maximum absolute atomic E-state index is 10.3. The minimum atomic E-state index is 0.495. The molecule has 0 unspecified atom stereocenters. The smallest absolute Gasteiger partial charge is 0.165 e. The second kappa shape index (κ2) is 4.51. The first-order valence-electron chi connectivity index (χ1n) is 3.71. The summed E-state index contributed by atoms with van der Waals surface area (Å²) in [6, 6.07) is 6.70. The van der Waals surface area contributed by atoms with Crippen LogP contribution in [0.25, 0.3) is 0 Å². The van der Waals surface area contributed by atoms with Crippen LogP contribution in [-0.2, 0) is 4.89 Å². The summed E-state index contributed by atoms with van der Waals surface area (Å²) in [7, 11) is 0. The zero-order valence-electron chi connectivity index (χ0n) is 6.82. The molecule has 0 spiro atoms. The Kier molecular flexibility index (Phi) is 3.29. The Labute approximate surface area is 70.8 Å². The van der Waals surface area contributed by atoms with Crippen LogP contribution in [0.1, 0.15) is 17.3 Å². The first-order chi connectivity index (χ1) is 5.86. The molecule has 0 saturated heterocycles. The van der Waals surface area contributed by atoms with Crippen LogP contribution < -0.4 is 4.89 Å². The van der Waals surface area contributed by atoms with Crippen molar-refractivity contribution in [3.8, 4) is 5.75 Å². The van der Waals surface area contributed by atoms with Gasteiger partial charge in [0.1, 0.15) is 6.29 Å². The average molecular weight is 166 g/mol. The van der Waals surface area contributed by atoms with Crippen LogP contribution in [0.15, 0.2) is 24.3 Å². The number of hydrogen-bond donors (Lipinski definition) is 0. The first-order valence-corrected chi connectivity index (χ1v) is 3.71. The van der Waals surface area contributed by atoms with Gasteiger partial charge in [-0.2, -0.15) is 4.89 Å². The van der Waals surface area contributed by atoms with Gasteiger partial charge in [-0.15, -0.1) is 0 Å². The van der Waals surface area contributed by atoms with E-state index in [0.717, 1.165) is 6.29 Å². The molecule has 0 aliphatic rings. The number of benzene rings is 1. The largest absolute Gasteiger partial charge is 0.338 e. The Morgan fingerprint density at radius 2 is 2.00 bits per heavy atom. The van der Waals surface area contributed by atoms with E-state index in [2.05, 4.69) is 0 Å². The van der Waals surface area contributed by atoms with Gasteiger partial charge < -0.3 is 4.89 Å². The van der Waals surface area contributed by atoms with Crippen LogP contribution in [0.2, 0.25) is 0 Å². The van der Waals surface area contributed by atoms with Crippen molar-refractivity contribution in [1.82, 2.24) is 0 Å². The molecule has 0 radical (unpaired) electrons. The lowest BCUT2D eigenvalue weighted by Gasteiger charge is -2.01. The number of carbonyl (C=O) groups is 1. The van der Waals surface area contributed by atoms with Gasteiger partial charge in [-0.05, 0) is 31.2 Å². The van der Waals surface area contributed by atoms with Crippen molar-refractivity contribution >= 4 is 6.29 Å². The van der Waals surface area contributed by atoms with Crippen molar-refractivity contribution in [2.24, 2.45) is 0 Å². The number of carbonyl (C=O) groups excluding carboxylic acids is 1. The van der Waals surface area contributed by atoms with Gasteiger partial charge in [0.25, 0.3) is 0 Å². The highest BCUT2D eigenvalue weighted by molar-refractivity contribution is 5.74. The lowest BCUT2D eigenvalue weighted by molar-refractivity contribution is -0.202. The molecule has 1 rings (SSSR count). The normalized spacial score (nSPS) is 9.42. The second-order valence-electron chi connectivity index (χ2n) is 2.18. The lowest BCUT2D eigenvalue weighted by Crippen LogP contribution is -1.95. The summed E-state index contributed by atoms with van der Waals surface area (Å²) in [5.41, 5.74) is 0.624. The molecule has 3 nitrogen and oxygen atoms in total. The molecule has 0 bridgehead atoms. The minimum Gasteiger partial charge on any atom is -0.338 e. The molecule has 1 aromatic rings. The molecular formula is C9H10O3. The quantitative estimate of drug-likeness (QED) is 0.389. The summed E-state index contributed by atoms with van der Waals surface area (Å²) in [5.74, 6) is 0.599. The van der Waals surface area contributed by atoms with E-state index in [1.165, 1.54) is 0 Å². The van der Waals surface area contributed by atoms with Crippen LogP contribution in [0.5, 0.6) is 5.75 Å². The molecule has 0 amide bonds. The summed E-state index contributed by atoms with van der Waals surface area (Å²) in [4.78, 5) is 19.8. The minimum absolute atomic E-state index is 0.495.